The minimum Gasteiger partial charge on any atom is -0.338 e. The van der Waals surface area contributed by atoms with Crippen LogP contribution < -0.4 is 4.90 Å². The molecule has 0 unspecified atom stereocenters. The van der Waals surface area contributed by atoms with Gasteiger partial charge in [0.15, 0.2) is 6.10 Å². The van der Waals surface area contributed by atoms with E-state index in [-0.39, 0.29) is 11.3 Å². The summed E-state index contributed by atoms with van der Waals surface area (Å²) < 4.78 is 6.16. The Morgan fingerprint density at radius 2 is 1.54 bits per heavy atom. The molecule has 1 saturated heterocycles. The Morgan fingerprint density at radius 3 is 2.17 bits per heavy atom. The van der Waals surface area contributed by atoms with E-state index < -0.39 is 11.8 Å². The molecule has 0 N–H and O–H groups in total. The Labute approximate surface area is 144 Å². The van der Waals surface area contributed by atoms with Crippen LogP contribution in [0.25, 0.3) is 0 Å². The molecule has 24 heavy (non-hydrogen) atoms. The minimum absolute atomic E-state index is 0.0112. The molecule has 1 aliphatic rings. The van der Waals surface area contributed by atoms with E-state index in [1.165, 1.54) is 0 Å². The third-order valence-corrected chi connectivity index (χ3v) is 4.44. The Kier molecular flexibility index (Phi) is 4.00. The first kappa shape index (κ1) is 16.7. The van der Waals surface area contributed by atoms with Crippen LogP contribution in [0, 0.1) is 0 Å². The molecule has 0 saturated carbocycles. The van der Waals surface area contributed by atoms with Crippen LogP contribution in [0.3, 0.4) is 0 Å². The molecule has 1 amide bonds. The van der Waals surface area contributed by atoms with E-state index in [0.29, 0.717) is 0 Å². The molecule has 2 aromatic carbocycles. The quantitative estimate of drug-likeness (QED) is 0.792. The number of anilines is 1. The Morgan fingerprint density at radius 1 is 0.958 bits per heavy atom. The lowest BCUT2D eigenvalue weighted by atomic mass is 9.85. The standard InChI is InChI=1S/C21H25NO2/c1-20(2,3)16-13-9-10-14-17(16)22-19(23)18(24-21(22,4)5)15-11-7-6-8-12-15/h6-14,18H,1-5H3/t18-/m1/s1. The molecule has 1 fully saturated rings. The predicted molar refractivity (Wildman–Crippen MR) is 97.0 cm³/mol. The van der Waals surface area contributed by atoms with Gasteiger partial charge in [0.05, 0.1) is 5.69 Å². The van der Waals surface area contributed by atoms with Gasteiger partial charge in [0, 0.05) is 0 Å². The van der Waals surface area contributed by atoms with Gasteiger partial charge in [-0.3, -0.25) is 9.69 Å². The second-order valence-electron chi connectivity index (χ2n) is 7.80. The first-order valence-corrected chi connectivity index (χ1v) is 8.38. The summed E-state index contributed by atoms with van der Waals surface area (Å²) in [6.45, 7) is 10.4. The van der Waals surface area contributed by atoms with Crippen molar-refractivity contribution >= 4 is 11.6 Å². The van der Waals surface area contributed by atoms with E-state index in [1.54, 1.807) is 0 Å². The summed E-state index contributed by atoms with van der Waals surface area (Å²) in [6.07, 6.45) is -0.561. The molecule has 1 atom stereocenters. The predicted octanol–water partition coefficient (Wildman–Crippen LogP) is 4.82. The van der Waals surface area contributed by atoms with E-state index >= 15 is 0 Å². The number of carbonyl (C=O) groups excluding carboxylic acids is 1. The third-order valence-electron chi connectivity index (χ3n) is 4.44. The molecule has 1 heterocycles. The van der Waals surface area contributed by atoms with Gasteiger partial charge in [0.2, 0.25) is 0 Å². The largest absolute Gasteiger partial charge is 0.338 e. The van der Waals surface area contributed by atoms with E-state index in [9.17, 15) is 4.79 Å². The fourth-order valence-corrected chi connectivity index (χ4v) is 3.32. The van der Waals surface area contributed by atoms with Crippen LogP contribution in [-0.2, 0) is 14.9 Å². The summed E-state index contributed by atoms with van der Waals surface area (Å²) >= 11 is 0. The fourth-order valence-electron chi connectivity index (χ4n) is 3.32. The van der Waals surface area contributed by atoms with Crippen molar-refractivity contribution in [3.63, 3.8) is 0 Å². The SMILES string of the molecule is CC(C)(C)c1ccccc1N1C(=O)[C@@H](c2ccccc2)OC1(C)C. The number of para-hydroxylation sites is 1. The molecule has 1 aliphatic heterocycles. The highest BCUT2D eigenvalue weighted by Gasteiger charge is 2.48. The van der Waals surface area contributed by atoms with Crippen molar-refractivity contribution in [2.24, 2.45) is 0 Å². The van der Waals surface area contributed by atoms with Gasteiger partial charge >= 0.3 is 0 Å². The molecule has 0 spiro atoms. The summed E-state index contributed by atoms with van der Waals surface area (Å²) in [5.74, 6) is -0.0112. The smallest absolute Gasteiger partial charge is 0.263 e. The Balaban J connectivity index is 2.08. The highest BCUT2D eigenvalue weighted by atomic mass is 16.5. The van der Waals surface area contributed by atoms with Crippen LogP contribution >= 0.6 is 0 Å². The molecule has 0 bridgehead atoms. The fraction of sp³-hybridized carbons (Fsp3) is 0.381. The van der Waals surface area contributed by atoms with Crippen LogP contribution in [0.2, 0.25) is 0 Å². The zero-order valence-electron chi connectivity index (χ0n) is 15.0. The number of rotatable bonds is 2. The first-order chi connectivity index (χ1) is 11.2. The van der Waals surface area contributed by atoms with Gasteiger partial charge in [0.25, 0.3) is 5.91 Å². The molecule has 3 nitrogen and oxygen atoms in total. The number of ether oxygens (including phenoxy) is 1. The lowest BCUT2D eigenvalue weighted by molar-refractivity contribution is -0.123. The average Bonchev–Trinajstić information content (AvgIpc) is 2.77. The zero-order chi connectivity index (χ0) is 17.5. The van der Waals surface area contributed by atoms with Gasteiger partial charge in [-0.05, 0) is 36.5 Å². The van der Waals surface area contributed by atoms with Gasteiger partial charge in [-0.2, -0.15) is 0 Å². The highest BCUT2D eigenvalue weighted by molar-refractivity contribution is 6.00. The lowest BCUT2D eigenvalue weighted by Gasteiger charge is -2.34. The molecule has 3 rings (SSSR count). The van der Waals surface area contributed by atoms with Gasteiger partial charge in [-0.25, -0.2) is 0 Å². The maximum absolute atomic E-state index is 13.2. The molecule has 0 radical (unpaired) electrons. The molecule has 126 valence electrons. The molecule has 3 heteroatoms. The molecule has 2 aromatic rings. The van der Waals surface area contributed by atoms with Crippen LogP contribution in [0.4, 0.5) is 5.69 Å². The monoisotopic (exact) mass is 323 g/mol. The summed E-state index contributed by atoms with van der Waals surface area (Å²) in [5, 5.41) is 0. The van der Waals surface area contributed by atoms with Crippen molar-refractivity contribution in [3.05, 3.63) is 65.7 Å². The van der Waals surface area contributed by atoms with Crippen LogP contribution in [0.15, 0.2) is 54.6 Å². The molecule has 0 aromatic heterocycles. The van der Waals surface area contributed by atoms with Crippen molar-refractivity contribution in [2.75, 3.05) is 4.90 Å². The summed E-state index contributed by atoms with van der Waals surface area (Å²) in [6, 6.07) is 17.8. The number of hydrogen-bond acceptors (Lipinski definition) is 2. The Hall–Kier alpha value is -2.13. The summed E-state index contributed by atoms with van der Waals surface area (Å²) in [5.41, 5.74) is 2.21. The van der Waals surface area contributed by atoms with Crippen molar-refractivity contribution in [1.29, 1.82) is 0 Å². The van der Waals surface area contributed by atoms with E-state index in [4.69, 9.17) is 4.74 Å². The number of carbonyl (C=O) groups is 1. The van der Waals surface area contributed by atoms with E-state index in [1.807, 2.05) is 67.3 Å². The van der Waals surface area contributed by atoms with Gasteiger partial charge < -0.3 is 4.74 Å². The lowest BCUT2D eigenvalue weighted by Crippen LogP contribution is -2.43. The zero-order valence-corrected chi connectivity index (χ0v) is 15.0. The van der Waals surface area contributed by atoms with Gasteiger partial charge in [-0.15, -0.1) is 0 Å². The van der Waals surface area contributed by atoms with Gasteiger partial charge in [-0.1, -0.05) is 69.3 Å². The maximum atomic E-state index is 13.2. The van der Waals surface area contributed by atoms with Crippen molar-refractivity contribution in [2.45, 2.75) is 51.9 Å². The van der Waals surface area contributed by atoms with E-state index in [0.717, 1.165) is 16.8 Å². The second kappa shape index (κ2) is 5.75. The van der Waals surface area contributed by atoms with E-state index in [2.05, 4.69) is 26.8 Å². The minimum atomic E-state index is -0.695. The van der Waals surface area contributed by atoms with Crippen LogP contribution in [0.5, 0.6) is 0 Å². The number of hydrogen-bond donors (Lipinski definition) is 0. The van der Waals surface area contributed by atoms with Crippen molar-refractivity contribution in [3.8, 4) is 0 Å². The summed E-state index contributed by atoms with van der Waals surface area (Å²) in [7, 11) is 0. The van der Waals surface area contributed by atoms with Crippen molar-refractivity contribution in [1.82, 2.24) is 0 Å². The van der Waals surface area contributed by atoms with Gasteiger partial charge in [0.1, 0.15) is 5.72 Å². The van der Waals surface area contributed by atoms with Crippen LogP contribution in [0.1, 0.15) is 51.8 Å². The van der Waals surface area contributed by atoms with Crippen molar-refractivity contribution < 1.29 is 9.53 Å². The maximum Gasteiger partial charge on any atom is 0.263 e. The molecule has 0 aliphatic carbocycles. The Bertz CT molecular complexity index is 744. The average molecular weight is 323 g/mol. The topological polar surface area (TPSA) is 29.5 Å². The number of nitrogens with zero attached hydrogens (tertiary/aromatic N) is 1. The molecular weight excluding hydrogens is 298 g/mol. The number of benzene rings is 2. The number of amides is 1. The third kappa shape index (κ3) is 2.84. The molecular formula is C21H25NO2. The first-order valence-electron chi connectivity index (χ1n) is 8.38. The highest BCUT2D eigenvalue weighted by Crippen LogP contribution is 2.43. The second-order valence-corrected chi connectivity index (χ2v) is 7.80. The normalized spacial score (nSPS) is 20.5. The van der Waals surface area contributed by atoms with Crippen LogP contribution in [-0.4, -0.2) is 11.6 Å². The summed E-state index contributed by atoms with van der Waals surface area (Å²) in [4.78, 5) is 15.0.